The third kappa shape index (κ3) is 3.33. The molecule has 1 aromatic rings. The predicted octanol–water partition coefficient (Wildman–Crippen LogP) is 2.99. The van der Waals surface area contributed by atoms with Crippen molar-refractivity contribution in [3.63, 3.8) is 0 Å². The molecule has 0 aromatic heterocycles. The molecule has 0 radical (unpaired) electrons. The van der Waals surface area contributed by atoms with Gasteiger partial charge in [0, 0.05) is 18.2 Å². The standard InChI is InChI=1S/C15H22N2O/c1-2-8-14-11-6-7-12-17(14)16-15(18)13-9-4-3-5-10-13/h3-5,9-10,14H,2,6-8,11-12H2,1H3,(H,16,18). The first kappa shape index (κ1) is 13.1. The highest BCUT2D eigenvalue weighted by Crippen LogP contribution is 2.19. The van der Waals surface area contributed by atoms with Gasteiger partial charge < -0.3 is 0 Å². The molecule has 1 aromatic carbocycles. The van der Waals surface area contributed by atoms with Crippen LogP contribution in [-0.4, -0.2) is 23.5 Å². The highest BCUT2D eigenvalue weighted by atomic mass is 16.2. The van der Waals surface area contributed by atoms with Crippen molar-refractivity contribution in [3.05, 3.63) is 35.9 Å². The van der Waals surface area contributed by atoms with E-state index in [1.165, 1.54) is 25.7 Å². The molecule has 1 amide bonds. The van der Waals surface area contributed by atoms with E-state index in [0.29, 0.717) is 6.04 Å². The van der Waals surface area contributed by atoms with Gasteiger partial charge in [-0.1, -0.05) is 38.0 Å². The third-order valence-electron chi connectivity index (χ3n) is 3.53. The van der Waals surface area contributed by atoms with Gasteiger partial charge in [0.25, 0.3) is 5.91 Å². The van der Waals surface area contributed by atoms with Gasteiger partial charge in [0.05, 0.1) is 0 Å². The van der Waals surface area contributed by atoms with Gasteiger partial charge in [-0.3, -0.25) is 10.2 Å². The fraction of sp³-hybridized carbons (Fsp3) is 0.533. The Labute approximate surface area is 109 Å². The van der Waals surface area contributed by atoms with Crippen molar-refractivity contribution in [1.82, 2.24) is 10.4 Å². The minimum atomic E-state index is 0.0126. The van der Waals surface area contributed by atoms with E-state index in [-0.39, 0.29) is 5.91 Å². The molecule has 3 nitrogen and oxygen atoms in total. The Balaban J connectivity index is 1.96. The van der Waals surface area contributed by atoms with Crippen LogP contribution < -0.4 is 5.43 Å². The molecule has 1 saturated heterocycles. The Hall–Kier alpha value is -1.35. The SMILES string of the molecule is CCCC1CCCCN1NC(=O)c1ccccc1. The second-order valence-corrected chi connectivity index (χ2v) is 4.94. The molecule has 1 aliphatic heterocycles. The third-order valence-corrected chi connectivity index (χ3v) is 3.53. The summed E-state index contributed by atoms with van der Waals surface area (Å²) in [6, 6.07) is 9.94. The van der Waals surface area contributed by atoms with E-state index < -0.39 is 0 Å². The molecule has 3 heteroatoms. The summed E-state index contributed by atoms with van der Waals surface area (Å²) >= 11 is 0. The Morgan fingerprint density at radius 2 is 2.11 bits per heavy atom. The minimum Gasteiger partial charge on any atom is -0.285 e. The maximum atomic E-state index is 12.1. The van der Waals surface area contributed by atoms with Crippen LogP contribution >= 0.6 is 0 Å². The molecular formula is C15H22N2O. The average Bonchev–Trinajstić information content (AvgIpc) is 2.42. The quantitative estimate of drug-likeness (QED) is 0.885. The Kier molecular flexibility index (Phi) is 4.76. The van der Waals surface area contributed by atoms with Crippen molar-refractivity contribution in [2.24, 2.45) is 0 Å². The van der Waals surface area contributed by atoms with E-state index in [0.717, 1.165) is 18.5 Å². The number of carbonyl (C=O) groups is 1. The number of hydrogen-bond acceptors (Lipinski definition) is 2. The normalized spacial score (nSPS) is 20.6. The van der Waals surface area contributed by atoms with Crippen LogP contribution in [0.4, 0.5) is 0 Å². The number of carbonyl (C=O) groups excluding carboxylic acids is 1. The summed E-state index contributed by atoms with van der Waals surface area (Å²) in [7, 11) is 0. The van der Waals surface area contributed by atoms with Crippen molar-refractivity contribution in [3.8, 4) is 0 Å². The molecule has 1 unspecified atom stereocenters. The molecule has 1 aliphatic rings. The summed E-state index contributed by atoms with van der Waals surface area (Å²) < 4.78 is 0. The summed E-state index contributed by atoms with van der Waals surface area (Å²) in [6.07, 6.45) is 5.98. The minimum absolute atomic E-state index is 0.0126. The summed E-state index contributed by atoms with van der Waals surface area (Å²) in [5.74, 6) is 0.0126. The lowest BCUT2D eigenvalue weighted by atomic mass is 10.00. The van der Waals surface area contributed by atoms with Gasteiger partial charge >= 0.3 is 0 Å². The van der Waals surface area contributed by atoms with Crippen LogP contribution in [0.2, 0.25) is 0 Å². The summed E-state index contributed by atoms with van der Waals surface area (Å²) in [4.78, 5) is 12.1. The molecule has 98 valence electrons. The number of amides is 1. The van der Waals surface area contributed by atoms with Gasteiger partial charge in [0.15, 0.2) is 0 Å². The number of benzene rings is 1. The van der Waals surface area contributed by atoms with E-state index in [9.17, 15) is 4.79 Å². The van der Waals surface area contributed by atoms with Crippen LogP contribution in [0.25, 0.3) is 0 Å². The Bertz CT molecular complexity index is 375. The van der Waals surface area contributed by atoms with Crippen LogP contribution in [0, 0.1) is 0 Å². The van der Waals surface area contributed by atoms with Gasteiger partial charge in [-0.05, 0) is 31.4 Å². The molecule has 1 N–H and O–H groups in total. The second-order valence-electron chi connectivity index (χ2n) is 4.94. The van der Waals surface area contributed by atoms with Gasteiger partial charge in [-0.2, -0.15) is 0 Å². The summed E-state index contributed by atoms with van der Waals surface area (Å²) in [5, 5.41) is 2.14. The van der Waals surface area contributed by atoms with Crippen molar-refractivity contribution in [2.75, 3.05) is 6.54 Å². The molecule has 18 heavy (non-hydrogen) atoms. The fourth-order valence-electron chi connectivity index (χ4n) is 2.57. The van der Waals surface area contributed by atoms with Crippen LogP contribution in [-0.2, 0) is 0 Å². The van der Waals surface area contributed by atoms with E-state index in [1.807, 2.05) is 30.3 Å². The lowest BCUT2D eigenvalue weighted by molar-refractivity contribution is 0.0550. The van der Waals surface area contributed by atoms with Gasteiger partial charge in [0.2, 0.25) is 0 Å². The van der Waals surface area contributed by atoms with Crippen molar-refractivity contribution >= 4 is 5.91 Å². The number of hydrogen-bond donors (Lipinski definition) is 1. The van der Waals surface area contributed by atoms with E-state index in [1.54, 1.807) is 0 Å². The zero-order valence-electron chi connectivity index (χ0n) is 11.1. The van der Waals surface area contributed by atoms with Crippen molar-refractivity contribution < 1.29 is 4.79 Å². The molecule has 1 fully saturated rings. The number of piperidine rings is 1. The number of hydrazine groups is 1. The lowest BCUT2D eigenvalue weighted by Gasteiger charge is -2.35. The summed E-state index contributed by atoms with van der Waals surface area (Å²) in [5.41, 5.74) is 3.80. The molecule has 0 bridgehead atoms. The van der Waals surface area contributed by atoms with Crippen LogP contribution in [0.1, 0.15) is 49.4 Å². The Morgan fingerprint density at radius 1 is 1.33 bits per heavy atom. The molecule has 1 atom stereocenters. The van der Waals surface area contributed by atoms with E-state index >= 15 is 0 Å². The number of nitrogens with zero attached hydrogens (tertiary/aromatic N) is 1. The van der Waals surface area contributed by atoms with Crippen molar-refractivity contribution in [1.29, 1.82) is 0 Å². The van der Waals surface area contributed by atoms with Gasteiger partial charge in [-0.25, -0.2) is 5.01 Å². The maximum absolute atomic E-state index is 12.1. The smallest absolute Gasteiger partial charge is 0.265 e. The maximum Gasteiger partial charge on any atom is 0.265 e. The van der Waals surface area contributed by atoms with Crippen LogP contribution in [0.3, 0.4) is 0 Å². The van der Waals surface area contributed by atoms with E-state index in [4.69, 9.17) is 0 Å². The molecule has 2 rings (SSSR count). The predicted molar refractivity (Wildman–Crippen MR) is 73.2 cm³/mol. The molecule has 0 saturated carbocycles. The highest BCUT2D eigenvalue weighted by molar-refractivity contribution is 5.93. The molecular weight excluding hydrogens is 224 g/mol. The highest BCUT2D eigenvalue weighted by Gasteiger charge is 2.23. The number of rotatable bonds is 4. The average molecular weight is 246 g/mol. The molecule has 0 aliphatic carbocycles. The lowest BCUT2D eigenvalue weighted by Crippen LogP contribution is -2.50. The van der Waals surface area contributed by atoms with Crippen LogP contribution in [0.15, 0.2) is 30.3 Å². The summed E-state index contributed by atoms with van der Waals surface area (Å²) in [6.45, 7) is 3.18. The van der Waals surface area contributed by atoms with Gasteiger partial charge in [0.1, 0.15) is 0 Å². The van der Waals surface area contributed by atoms with Crippen molar-refractivity contribution in [2.45, 2.75) is 45.1 Å². The zero-order chi connectivity index (χ0) is 12.8. The first-order valence-corrected chi connectivity index (χ1v) is 6.94. The van der Waals surface area contributed by atoms with Gasteiger partial charge in [-0.15, -0.1) is 0 Å². The largest absolute Gasteiger partial charge is 0.285 e. The molecule has 0 spiro atoms. The zero-order valence-corrected chi connectivity index (χ0v) is 11.1. The fourth-order valence-corrected chi connectivity index (χ4v) is 2.57. The first-order valence-electron chi connectivity index (χ1n) is 6.94. The van der Waals surface area contributed by atoms with E-state index in [2.05, 4.69) is 17.4 Å². The number of nitrogens with one attached hydrogen (secondary N) is 1. The Morgan fingerprint density at radius 3 is 2.83 bits per heavy atom. The second kappa shape index (κ2) is 6.55. The molecule has 1 heterocycles. The first-order chi connectivity index (χ1) is 8.81. The van der Waals surface area contributed by atoms with Crippen LogP contribution in [0.5, 0.6) is 0 Å². The topological polar surface area (TPSA) is 32.3 Å². The monoisotopic (exact) mass is 246 g/mol.